The van der Waals surface area contributed by atoms with Crippen LogP contribution in [0.4, 0.5) is 8.78 Å². The van der Waals surface area contributed by atoms with E-state index in [2.05, 4.69) is 0 Å². The fourth-order valence-electron chi connectivity index (χ4n) is 1.29. The summed E-state index contributed by atoms with van der Waals surface area (Å²) in [5.41, 5.74) is 4.33. The lowest BCUT2D eigenvalue weighted by atomic mass is 9.79. The first-order chi connectivity index (χ1) is 7.84. The predicted molar refractivity (Wildman–Crippen MR) is 55.5 cm³/mol. The molecule has 5 N–H and O–H groups in total. The number of nitrogens with two attached hydrogens (primary N) is 1. The van der Waals surface area contributed by atoms with E-state index in [1.54, 1.807) is 0 Å². The molecule has 8 heteroatoms. The van der Waals surface area contributed by atoms with Gasteiger partial charge in [0, 0.05) is 11.9 Å². The summed E-state index contributed by atoms with van der Waals surface area (Å²) in [6, 6.07) is 0.678. The minimum Gasteiger partial charge on any atom is -0.480 e. The van der Waals surface area contributed by atoms with E-state index >= 15 is 0 Å². The van der Waals surface area contributed by atoms with Gasteiger partial charge < -0.3 is 20.9 Å². The molecule has 0 bridgehead atoms. The summed E-state index contributed by atoms with van der Waals surface area (Å²) in [4.78, 5) is 10.5. The third-order valence-corrected chi connectivity index (χ3v) is 2.23. The first-order valence-corrected chi connectivity index (χ1v) is 4.66. The number of carboxylic acid groups (broad SMARTS) is 1. The number of benzene rings is 1. The Hall–Kier alpha value is -1.51. The molecule has 17 heavy (non-hydrogen) atoms. The molecule has 0 saturated heterocycles. The Bertz CT molecular complexity index is 441. The molecule has 0 aromatic heterocycles. The smallest absolute Gasteiger partial charge is 0.480 e. The summed E-state index contributed by atoms with van der Waals surface area (Å²) in [6.07, 6.45) is -0.389. The molecule has 0 heterocycles. The van der Waals surface area contributed by atoms with Crippen LogP contribution in [-0.4, -0.2) is 34.3 Å². The molecule has 0 fully saturated rings. The minimum atomic E-state index is -2.13. The van der Waals surface area contributed by atoms with Gasteiger partial charge in [0.25, 0.3) is 0 Å². The molecule has 5 nitrogen and oxygen atoms in total. The Balaban J connectivity index is 3.04. The Morgan fingerprint density at radius 2 is 1.94 bits per heavy atom. The van der Waals surface area contributed by atoms with Crippen LogP contribution in [0, 0.1) is 11.6 Å². The van der Waals surface area contributed by atoms with E-state index in [0.29, 0.717) is 0 Å². The van der Waals surface area contributed by atoms with Crippen LogP contribution in [0.2, 0.25) is 0 Å². The number of halogens is 2. The zero-order valence-corrected chi connectivity index (χ0v) is 8.60. The Kier molecular flexibility index (Phi) is 4.16. The molecule has 1 atom stereocenters. The standard InChI is InChI=1S/C9H10BF2NO4/c11-7-4(3-6(13)9(14)15)1-2-5(8(7)12)10(16)17/h1-2,6,16-17H,3,13H2,(H,14,15). The molecule has 0 aliphatic rings. The summed E-state index contributed by atoms with van der Waals surface area (Å²) in [5, 5.41) is 26.0. The number of aliphatic carboxylic acids is 1. The quantitative estimate of drug-likeness (QED) is 0.488. The summed E-state index contributed by atoms with van der Waals surface area (Å²) in [7, 11) is -2.13. The van der Waals surface area contributed by atoms with Gasteiger partial charge >= 0.3 is 13.1 Å². The molecule has 1 aromatic rings. The van der Waals surface area contributed by atoms with Crippen molar-refractivity contribution in [3.8, 4) is 0 Å². The van der Waals surface area contributed by atoms with E-state index in [1.807, 2.05) is 0 Å². The second-order valence-electron chi connectivity index (χ2n) is 3.46. The van der Waals surface area contributed by atoms with Crippen molar-refractivity contribution in [2.75, 3.05) is 0 Å². The average Bonchev–Trinajstić information content (AvgIpc) is 2.24. The van der Waals surface area contributed by atoms with Gasteiger partial charge in [-0.05, 0) is 5.56 Å². The van der Waals surface area contributed by atoms with Crippen molar-refractivity contribution in [2.24, 2.45) is 5.73 Å². The van der Waals surface area contributed by atoms with Crippen molar-refractivity contribution in [2.45, 2.75) is 12.5 Å². The van der Waals surface area contributed by atoms with Gasteiger partial charge in [0.05, 0.1) is 0 Å². The third kappa shape index (κ3) is 2.99. The Morgan fingerprint density at radius 3 is 2.41 bits per heavy atom. The Labute approximate surface area is 95.6 Å². The van der Waals surface area contributed by atoms with Gasteiger partial charge in [-0.25, -0.2) is 8.78 Å². The lowest BCUT2D eigenvalue weighted by molar-refractivity contribution is -0.138. The molecule has 0 radical (unpaired) electrons. The number of carbonyl (C=O) groups is 1. The predicted octanol–water partition coefficient (Wildman–Crippen LogP) is -1.40. The van der Waals surface area contributed by atoms with E-state index in [0.717, 1.165) is 12.1 Å². The number of rotatable bonds is 4. The molecule has 92 valence electrons. The van der Waals surface area contributed by atoms with Gasteiger partial charge in [-0.3, -0.25) is 4.79 Å². The highest BCUT2D eigenvalue weighted by Gasteiger charge is 2.23. The van der Waals surface area contributed by atoms with Gasteiger partial charge in [-0.15, -0.1) is 0 Å². The Morgan fingerprint density at radius 1 is 1.35 bits per heavy atom. The van der Waals surface area contributed by atoms with Gasteiger partial charge in [0.2, 0.25) is 0 Å². The second-order valence-corrected chi connectivity index (χ2v) is 3.46. The van der Waals surface area contributed by atoms with Crippen LogP contribution in [0.3, 0.4) is 0 Å². The average molecular weight is 245 g/mol. The molecule has 1 rings (SSSR count). The van der Waals surface area contributed by atoms with Crippen LogP contribution in [0.5, 0.6) is 0 Å². The molecule has 1 unspecified atom stereocenters. The summed E-state index contributed by atoms with van der Waals surface area (Å²) in [6.45, 7) is 0. The van der Waals surface area contributed by atoms with Gasteiger partial charge in [-0.1, -0.05) is 12.1 Å². The van der Waals surface area contributed by atoms with Crippen molar-refractivity contribution in [1.82, 2.24) is 0 Å². The lowest BCUT2D eigenvalue weighted by Gasteiger charge is -2.10. The van der Waals surface area contributed by atoms with Crippen molar-refractivity contribution < 1.29 is 28.7 Å². The number of carboxylic acids is 1. The van der Waals surface area contributed by atoms with E-state index in [4.69, 9.17) is 20.9 Å². The van der Waals surface area contributed by atoms with Crippen LogP contribution in [-0.2, 0) is 11.2 Å². The topological polar surface area (TPSA) is 104 Å². The first kappa shape index (κ1) is 13.6. The molecule has 0 aliphatic heterocycles. The van der Waals surface area contributed by atoms with Crippen molar-refractivity contribution in [3.05, 3.63) is 29.3 Å². The molecule has 0 spiro atoms. The highest BCUT2D eigenvalue weighted by Crippen LogP contribution is 2.12. The SMILES string of the molecule is NC(Cc1ccc(B(O)O)c(F)c1F)C(=O)O. The monoisotopic (exact) mass is 245 g/mol. The first-order valence-electron chi connectivity index (χ1n) is 4.66. The maximum Gasteiger partial charge on any atom is 0.491 e. The van der Waals surface area contributed by atoms with Crippen LogP contribution in [0.25, 0.3) is 0 Å². The third-order valence-electron chi connectivity index (χ3n) is 2.23. The maximum absolute atomic E-state index is 13.4. The van der Waals surface area contributed by atoms with Crippen LogP contribution >= 0.6 is 0 Å². The van der Waals surface area contributed by atoms with Crippen molar-refractivity contribution in [3.63, 3.8) is 0 Å². The normalized spacial score (nSPS) is 12.3. The van der Waals surface area contributed by atoms with Crippen LogP contribution < -0.4 is 11.2 Å². The summed E-state index contributed by atoms with van der Waals surface area (Å²) >= 11 is 0. The summed E-state index contributed by atoms with van der Waals surface area (Å²) in [5.74, 6) is -4.08. The molecule has 1 aromatic carbocycles. The largest absolute Gasteiger partial charge is 0.491 e. The highest BCUT2D eigenvalue weighted by molar-refractivity contribution is 6.58. The van der Waals surface area contributed by atoms with Crippen LogP contribution in [0.15, 0.2) is 12.1 Å². The molecule has 0 aliphatic carbocycles. The zero-order chi connectivity index (χ0) is 13.2. The van der Waals surface area contributed by atoms with Gasteiger partial charge in [0.1, 0.15) is 6.04 Å². The fraction of sp³-hybridized carbons (Fsp3) is 0.222. The number of hydrogen-bond donors (Lipinski definition) is 4. The molecule has 0 saturated carbocycles. The molecular formula is C9H10BF2NO4. The van der Waals surface area contributed by atoms with E-state index < -0.39 is 36.2 Å². The molecule has 0 amide bonds. The molecular weight excluding hydrogens is 235 g/mol. The fourth-order valence-corrected chi connectivity index (χ4v) is 1.29. The van der Waals surface area contributed by atoms with Gasteiger partial charge in [0.15, 0.2) is 11.6 Å². The van der Waals surface area contributed by atoms with Crippen molar-refractivity contribution >= 4 is 18.6 Å². The maximum atomic E-state index is 13.4. The van der Waals surface area contributed by atoms with E-state index in [9.17, 15) is 13.6 Å². The zero-order valence-electron chi connectivity index (χ0n) is 8.60. The van der Waals surface area contributed by atoms with Gasteiger partial charge in [-0.2, -0.15) is 0 Å². The minimum absolute atomic E-state index is 0.234. The highest BCUT2D eigenvalue weighted by atomic mass is 19.2. The summed E-state index contributed by atoms with van der Waals surface area (Å²) < 4.78 is 26.7. The van der Waals surface area contributed by atoms with E-state index in [1.165, 1.54) is 0 Å². The van der Waals surface area contributed by atoms with Crippen LogP contribution in [0.1, 0.15) is 5.56 Å². The second kappa shape index (κ2) is 5.22. The number of hydrogen-bond acceptors (Lipinski definition) is 4. The lowest BCUT2D eigenvalue weighted by Crippen LogP contribution is -2.35. The van der Waals surface area contributed by atoms with E-state index in [-0.39, 0.29) is 12.0 Å². The van der Waals surface area contributed by atoms with Crippen molar-refractivity contribution in [1.29, 1.82) is 0 Å².